The summed E-state index contributed by atoms with van der Waals surface area (Å²) in [5.74, 6) is 0.801. The van der Waals surface area contributed by atoms with Crippen LogP contribution in [0.15, 0.2) is 24.3 Å². The Morgan fingerprint density at radius 1 is 1.18 bits per heavy atom. The highest BCUT2D eigenvalue weighted by Gasteiger charge is 2.10. The van der Waals surface area contributed by atoms with E-state index in [1.54, 1.807) is 0 Å². The fourth-order valence-electron chi connectivity index (χ4n) is 1.82. The number of nitrogens with one attached hydrogen (secondary N) is 1. The van der Waals surface area contributed by atoms with Crippen LogP contribution in [0.4, 0.5) is 5.82 Å². The first-order valence-electron chi connectivity index (χ1n) is 5.49. The molecule has 1 aromatic carbocycles. The molecule has 2 heterocycles. The smallest absolute Gasteiger partial charge is 0.207 e. The van der Waals surface area contributed by atoms with Gasteiger partial charge in [0.1, 0.15) is 0 Å². The first-order chi connectivity index (χ1) is 8.25. The molecule has 0 spiro atoms. The summed E-state index contributed by atoms with van der Waals surface area (Å²) >= 11 is 0. The quantitative estimate of drug-likeness (QED) is 0.719. The zero-order chi connectivity index (χ0) is 11.8. The Balaban J connectivity index is 2.37. The number of nitrogens with zero attached hydrogens (tertiary/aromatic N) is 5. The van der Waals surface area contributed by atoms with E-state index in [2.05, 4.69) is 39.8 Å². The Labute approximate surface area is 97.6 Å². The Morgan fingerprint density at radius 2 is 1.94 bits per heavy atom. The molecule has 6 nitrogen and oxygen atoms in total. The lowest BCUT2D eigenvalue weighted by molar-refractivity contribution is 0.732. The predicted molar refractivity (Wildman–Crippen MR) is 64.8 cm³/mol. The lowest BCUT2D eigenvalue weighted by Crippen LogP contribution is -2.13. The largest absolute Gasteiger partial charge is 0.366 e. The summed E-state index contributed by atoms with van der Waals surface area (Å²) in [6, 6.07) is 8.27. The molecule has 0 saturated carbocycles. The van der Waals surface area contributed by atoms with Crippen molar-refractivity contribution in [2.24, 2.45) is 0 Å². The number of aromatic nitrogens is 5. The topological polar surface area (TPSA) is 68.0 Å². The van der Waals surface area contributed by atoms with E-state index in [0.29, 0.717) is 11.7 Å². The molecule has 0 radical (unpaired) electrons. The van der Waals surface area contributed by atoms with Gasteiger partial charge in [0.05, 0.1) is 0 Å². The fraction of sp³-hybridized carbons (Fsp3) is 0.273. The number of fused-ring (bicyclic) bond motifs is 3. The highest BCUT2D eigenvalue weighted by atomic mass is 15.6. The predicted octanol–water partition coefficient (Wildman–Crippen LogP) is 1.49. The second-order valence-corrected chi connectivity index (χ2v) is 4.19. The van der Waals surface area contributed by atoms with Gasteiger partial charge in [0.2, 0.25) is 5.65 Å². The van der Waals surface area contributed by atoms with Gasteiger partial charge in [0.25, 0.3) is 0 Å². The van der Waals surface area contributed by atoms with E-state index in [1.165, 1.54) is 4.63 Å². The molecule has 0 aliphatic heterocycles. The minimum absolute atomic E-state index is 0.305. The maximum absolute atomic E-state index is 4.37. The van der Waals surface area contributed by atoms with Crippen LogP contribution in [0.3, 0.4) is 0 Å². The molecule has 0 bridgehead atoms. The SMILES string of the molecule is CC(C)Nc1nn2nnnc2c2ccccc12. The van der Waals surface area contributed by atoms with Crippen molar-refractivity contribution in [3.05, 3.63) is 24.3 Å². The Morgan fingerprint density at radius 3 is 2.71 bits per heavy atom. The van der Waals surface area contributed by atoms with Gasteiger partial charge < -0.3 is 5.32 Å². The minimum atomic E-state index is 0.305. The molecule has 3 rings (SSSR count). The second-order valence-electron chi connectivity index (χ2n) is 4.19. The van der Waals surface area contributed by atoms with Crippen LogP contribution in [0.25, 0.3) is 16.4 Å². The van der Waals surface area contributed by atoms with Gasteiger partial charge in [0, 0.05) is 16.8 Å². The van der Waals surface area contributed by atoms with Crippen molar-refractivity contribution in [3.8, 4) is 0 Å². The molecule has 0 atom stereocenters. The van der Waals surface area contributed by atoms with Crippen LogP contribution >= 0.6 is 0 Å². The van der Waals surface area contributed by atoms with Crippen molar-refractivity contribution in [3.63, 3.8) is 0 Å². The van der Waals surface area contributed by atoms with E-state index in [1.807, 2.05) is 24.3 Å². The normalized spacial score (nSPS) is 11.5. The van der Waals surface area contributed by atoms with Gasteiger partial charge in [-0.05, 0) is 24.3 Å². The van der Waals surface area contributed by atoms with Crippen molar-refractivity contribution in [2.75, 3.05) is 5.32 Å². The van der Waals surface area contributed by atoms with Gasteiger partial charge in [-0.3, -0.25) is 0 Å². The van der Waals surface area contributed by atoms with Crippen LogP contribution in [0.1, 0.15) is 13.8 Å². The fourth-order valence-corrected chi connectivity index (χ4v) is 1.82. The number of tetrazole rings is 1. The van der Waals surface area contributed by atoms with Crippen LogP contribution in [0.5, 0.6) is 0 Å². The summed E-state index contributed by atoms with van der Waals surface area (Å²) < 4.78 is 1.45. The van der Waals surface area contributed by atoms with Crippen molar-refractivity contribution in [2.45, 2.75) is 19.9 Å². The molecule has 0 unspecified atom stereocenters. The van der Waals surface area contributed by atoms with E-state index in [9.17, 15) is 0 Å². The van der Waals surface area contributed by atoms with Gasteiger partial charge in [-0.25, -0.2) is 0 Å². The molecule has 0 aliphatic rings. The summed E-state index contributed by atoms with van der Waals surface area (Å²) in [6.45, 7) is 4.14. The van der Waals surface area contributed by atoms with Gasteiger partial charge in [-0.15, -0.1) is 14.8 Å². The van der Waals surface area contributed by atoms with Crippen molar-refractivity contribution in [1.29, 1.82) is 0 Å². The third-order valence-corrected chi connectivity index (χ3v) is 2.50. The molecular weight excluding hydrogens is 216 g/mol. The van der Waals surface area contributed by atoms with Gasteiger partial charge >= 0.3 is 0 Å². The number of rotatable bonds is 2. The summed E-state index contributed by atoms with van der Waals surface area (Å²) in [5, 5.41) is 21.2. The van der Waals surface area contributed by atoms with Gasteiger partial charge in [0.15, 0.2) is 5.82 Å². The standard InChI is InChI=1S/C11H12N6/c1-7(2)12-10-8-5-3-4-6-9(8)11-13-15-16-17(11)14-10/h3-7H,1-2H3,(H,12,14). The van der Waals surface area contributed by atoms with E-state index in [0.717, 1.165) is 16.6 Å². The summed E-state index contributed by atoms with van der Waals surface area (Å²) in [6.07, 6.45) is 0. The summed E-state index contributed by atoms with van der Waals surface area (Å²) in [5.41, 5.74) is 0.676. The molecule has 1 N–H and O–H groups in total. The second kappa shape index (κ2) is 3.65. The van der Waals surface area contributed by atoms with E-state index in [-0.39, 0.29) is 0 Å². The number of anilines is 1. The van der Waals surface area contributed by atoms with Gasteiger partial charge in [-0.2, -0.15) is 0 Å². The monoisotopic (exact) mass is 228 g/mol. The molecule has 2 aromatic heterocycles. The zero-order valence-corrected chi connectivity index (χ0v) is 9.62. The molecule has 0 aliphatic carbocycles. The van der Waals surface area contributed by atoms with Gasteiger partial charge in [-0.1, -0.05) is 24.3 Å². The number of benzene rings is 1. The van der Waals surface area contributed by atoms with E-state index >= 15 is 0 Å². The summed E-state index contributed by atoms with van der Waals surface area (Å²) in [4.78, 5) is 0. The highest BCUT2D eigenvalue weighted by molar-refractivity contribution is 5.99. The van der Waals surface area contributed by atoms with E-state index in [4.69, 9.17) is 0 Å². The molecule has 0 fully saturated rings. The zero-order valence-electron chi connectivity index (χ0n) is 9.62. The van der Waals surface area contributed by atoms with Crippen molar-refractivity contribution < 1.29 is 0 Å². The van der Waals surface area contributed by atoms with Crippen molar-refractivity contribution >= 4 is 22.2 Å². The molecule has 6 heteroatoms. The van der Waals surface area contributed by atoms with E-state index < -0.39 is 0 Å². The maximum atomic E-state index is 4.37. The number of hydrogen-bond acceptors (Lipinski definition) is 5. The Hall–Kier alpha value is -2.24. The lowest BCUT2D eigenvalue weighted by Gasteiger charge is -2.11. The van der Waals surface area contributed by atoms with Crippen LogP contribution in [0, 0.1) is 0 Å². The molecule has 17 heavy (non-hydrogen) atoms. The third kappa shape index (κ3) is 1.57. The highest BCUT2D eigenvalue weighted by Crippen LogP contribution is 2.23. The van der Waals surface area contributed by atoms with Crippen molar-refractivity contribution in [1.82, 2.24) is 25.3 Å². The average Bonchev–Trinajstić information content (AvgIpc) is 2.77. The summed E-state index contributed by atoms with van der Waals surface area (Å²) in [7, 11) is 0. The maximum Gasteiger partial charge on any atom is 0.207 e. The first-order valence-corrected chi connectivity index (χ1v) is 5.49. The first kappa shape index (κ1) is 9.95. The molecule has 86 valence electrons. The third-order valence-electron chi connectivity index (χ3n) is 2.50. The molecule has 0 amide bonds. The average molecular weight is 228 g/mol. The molecule has 3 aromatic rings. The van der Waals surface area contributed by atoms with Crippen LogP contribution in [0.2, 0.25) is 0 Å². The molecule has 0 saturated heterocycles. The van der Waals surface area contributed by atoms with Crippen LogP contribution in [-0.4, -0.2) is 31.3 Å². The van der Waals surface area contributed by atoms with Crippen LogP contribution < -0.4 is 5.32 Å². The number of hydrogen-bond donors (Lipinski definition) is 1. The molecular formula is C11H12N6. The lowest BCUT2D eigenvalue weighted by atomic mass is 10.2. The Bertz CT molecular complexity index is 672. The Kier molecular flexibility index (Phi) is 2.14. The van der Waals surface area contributed by atoms with Crippen LogP contribution in [-0.2, 0) is 0 Å². The minimum Gasteiger partial charge on any atom is -0.366 e.